The third-order valence-electron chi connectivity index (χ3n) is 3.88. The Kier molecular flexibility index (Phi) is 3.38. The van der Waals surface area contributed by atoms with Gasteiger partial charge < -0.3 is 10.6 Å². The summed E-state index contributed by atoms with van der Waals surface area (Å²) in [6.45, 7) is 9.74. The third kappa shape index (κ3) is 2.63. The lowest BCUT2D eigenvalue weighted by molar-refractivity contribution is 0.562. The predicted octanol–water partition coefficient (Wildman–Crippen LogP) is 2.05. The number of anilines is 1. The molecule has 1 aliphatic rings. The summed E-state index contributed by atoms with van der Waals surface area (Å²) in [6, 6.07) is 2.14. The normalized spacial score (nSPS) is 19.6. The van der Waals surface area contributed by atoms with Crippen molar-refractivity contribution in [3.8, 4) is 0 Å². The number of nitrogens with zero attached hydrogens (tertiary/aromatic N) is 3. The third-order valence-corrected chi connectivity index (χ3v) is 3.88. The van der Waals surface area contributed by atoms with Crippen LogP contribution in [0.3, 0.4) is 0 Å². The monoisotopic (exact) mass is 273 g/mol. The molecule has 0 bridgehead atoms. The van der Waals surface area contributed by atoms with Crippen molar-refractivity contribution in [3.05, 3.63) is 24.2 Å². The standard InChI is InChI=1S/C15H23N5/c1-15(2,3)13-8-12-14(17-6-7-20(12)19-13)18-10-11-4-5-16-9-11/h6-8,11,16H,4-5,9-10H2,1-3H3,(H,17,18). The molecule has 2 aromatic heterocycles. The second kappa shape index (κ2) is 5.05. The topological polar surface area (TPSA) is 54.2 Å². The fourth-order valence-electron chi connectivity index (χ4n) is 2.55. The van der Waals surface area contributed by atoms with Crippen molar-refractivity contribution in [2.45, 2.75) is 32.6 Å². The lowest BCUT2D eigenvalue weighted by atomic mass is 9.92. The molecule has 1 saturated heterocycles. The molecule has 108 valence electrons. The van der Waals surface area contributed by atoms with Crippen molar-refractivity contribution in [3.63, 3.8) is 0 Å². The highest BCUT2D eigenvalue weighted by Crippen LogP contribution is 2.24. The van der Waals surface area contributed by atoms with Crippen LogP contribution in [0.4, 0.5) is 5.82 Å². The lowest BCUT2D eigenvalue weighted by Gasteiger charge is -2.13. The van der Waals surface area contributed by atoms with Gasteiger partial charge in [-0.25, -0.2) is 9.50 Å². The number of fused-ring (bicyclic) bond motifs is 1. The molecule has 20 heavy (non-hydrogen) atoms. The number of aromatic nitrogens is 3. The Morgan fingerprint density at radius 1 is 1.45 bits per heavy atom. The highest BCUT2D eigenvalue weighted by molar-refractivity contribution is 5.68. The van der Waals surface area contributed by atoms with E-state index in [2.05, 4.69) is 47.6 Å². The van der Waals surface area contributed by atoms with Crippen molar-refractivity contribution < 1.29 is 0 Å². The van der Waals surface area contributed by atoms with Gasteiger partial charge in [-0.15, -0.1) is 0 Å². The summed E-state index contributed by atoms with van der Waals surface area (Å²) in [5.74, 6) is 1.63. The number of hydrogen-bond donors (Lipinski definition) is 2. The molecule has 0 saturated carbocycles. The first-order valence-electron chi connectivity index (χ1n) is 7.33. The van der Waals surface area contributed by atoms with Crippen LogP contribution in [0, 0.1) is 5.92 Å². The van der Waals surface area contributed by atoms with Crippen LogP contribution in [-0.4, -0.2) is 34.2 Å². The quantitative estimate of drug-likeness (QED) is 0.898. The van der Waals surface area contributed by atoms with Gasteiger partial charge in [0.15, 0.2) is 5.82 Å². The summed E-state index contributed by atoms with van der Waals surface area (Å²) in [5, 5.41) is 11.5. The van der Waals surface area contributed by atoms with Crippen molar-refractivity contribution in [1.29, 1.82) is 0 Å². The van der Waals surface area contributed by atoms with Crippen LogP contribution in [-0.2, 0) is 5.41 Å². The maximum Gasteiger partial charge on any atom is 0.152 e. The number of hydrogen-bond acceptors (Lipinski definition) is 4. The Bertz CT molecular complexity index is 590. The Balaban J connectivity index is 1.84. The molecule has 1 aliphatic heterocycles. The van der Waals surface area contributed by atoms with E-state index in [4.69, 9.17) is 0 Å². The molecule has 3 rings (SSSR count). The van der Waals surface area contributed by atoms with Crippen LogP contribution in [0.1, 0.15) is 32.9 Å². The van der Waals surface area contributed by atoms with Crippen molar-refractivity contribution >= 4 is 11.3 Å². The Morgan fingerprint density at radius 2 is 2.30 bits per heavy atom. The van der Waals surface area contributed by atoms with E-state index in [9.17, 15) is 0 Å². The molecule has 5 nitrogen and oxygen atoms in total. The average Bonchev–Trinajstić information content (AvgIpc) is 3.04. The first-order valence-corrected chi connectivity index (χ1v) is 7.33. The van der Waals surface area contributed by atoms with Crippen LogP contribution in [0.25, 0.3) is 5.52 Å². The van der Waals surface area contributed by atoms with Gasteiger partial charge in [-0.05, 0) is 31.5 Å². The van der Waals surface area contributed by atoms with Gasteiger partial charge in [0, 0.05) is 24.4 Å². The van der Waals surface area contributed by atoms with Gasteiger partial charge >= 0.3 is 0 Å². The van der Waals surface area contributed by atoms with E-state index in [-0.39, 0.29) is 5.41 Å². The summed E-state index contributed by atoms with van der Waals surface area (Å²) < 4.78 is 1.92. The average molecular weight is 273 g/mol. The summed E-state index contributed by atoms with van der Waals surface area (Å²) in [7, 11) is 0. The van der Waals surface area contributed by atoms with E-state index in [1.165, 1.54) is 6.42 Å². The SMILES string of the molecule is CC(C)(C)c1cc2c(NCC3CCNC3)nccn2n1. The van der Waals surface area contributed by atoms with E-state index in [0.717, 1.165) is 36.7 Å². The van der Waals surface area contributed by atoms with Gasteiger partial charge in [0.25, 0.3) is 0 Å². The van der Waals surface area contributed by atoms with E-state index >= 15 is 0 Å². The zero-order valence-corrected chi connectivity index (χ0v) is 12.5. The van der Waals surface area contributed by atoms with E-state index in [1.807, 2.05) is 16.9 Å². The van der Waals surface area contributed by atoms with Gasteiger partial charge in [-0.3, -0.25) is 0 Å². The Hall–Kier alpha value is -1.62. The van der Waals surface area contributed by atoms with Gasteiger partial charge in [-0.1, -0.05) is 20.8 Å². The van der Waals surface area contributed by atoms with Crippen LogP contribution in [0.5, 0.6) is 0 Å². The molecule has 0 radical (unpaired) electrons. The highest BCUT2D eigenvalue weighted by atomic mass is 15.2. The zero-order valence-electron chi connectivity index (χ0n) is 12.5. The minimum absolute atomic E-state index is 0.0542. The molecule has 0 spiro atoms. The Morgan fingerprint density at radius 3 is 3.00 bits per heavy atom. The molecule has 0 aromatic carbocycles. The first-order chi connectivity index (χ1) is 9.54. The summed E-state index contributed by atoms with van der Waals surface area (Å²) in [4.78, 5) is 4.47. The van der Waals surface area contributed by atoms with Gasteiger partial charge in [-0.2, -0.15) is 5.10 Å². The van der Waals surface area contributed by atoms with Crippen LogP contribution < -0.4 is 10.6 Å². The molecule has 1 fully saturated rings. The number of nitrogens with one attached hydrogen (secondary N) is 2. The molecule has 1 atom stereocenters. The van der Waals surface area contributed by atoms with E-state index in [1.54, 1.807) is 0 Å². The minimum Gasteiger partial charge on any atom is -0.368 e. The molecule has 2 N–H and O–H groups in total. The molecular formula is C15H23N5. The van der Waals surface area contributed by atoms with Crippen LogP contribution in [0.15, 0.2) is 18.5 Å². The molecule has 0 amide bonds. The number of rotatable bonds is 3. The zero-order chi connectivity index (χ0) is 14.2. The second-order valence-electron chi connectivity index (χ2n) is 6.62. The summed E-state index contributed by atoms with van der Waals surface area (Å²) in [6.07, 6.45) is 4.96. The maximum atomic E-state index is 4.65. The second-order valence-corrected chi connectivity index (χ2v) is 6.62. The minimum atomic E-state index is 0.0542. The van der Waals surface area contributed by atoms with E-state index in [0.29, 0.717) is 5.92 Å². The highest BCUT2D eigenvalue weighted by Gasteiger charge is 2.19. The molecule has 0 aliphatic carbocycles. The summed E-state index contributed by atoms with van der Waals surface area (Å²) >= 11 is 0. The molecular weight excluding hydrogens is 250 g/mol. The van der Waals surface area contributed by atoms with E-state index < -0.39 is 0 Å². The van der Waals surface area contributed by atoms with Crippen molar-refractivity contribution in [2.75, 3.05) is 25.0 Å². The molecule has 3 heterocycles. The fourth-order valence-corrected chi connectivity index (χ4v) is 2.55. The van der Waals surface area contributed by atoms with Crippen molar-refractivity contribution in [1.82, 2.24) is 19.9 Å². The molecule has 2 aromatic rings. The van der Waals surface area contributed by atoms with Crippen LogP contribution >= 0.6 is 0 Å². The smallest absolute Gasteiger partial charge is 0.152 e. The maximum absolute atomic E-state index is 4.65. The van der Waals surface area contributed by atoms with Crippen molar-refractivity contribution in [2.24, 2.45) is 5.92 Å². The largest absolute Gasteiger partial charge is 0.368 e. The molecule has 5 heteroatoms. The Labute approximate surface area is 119 Å². The molecule has 1 unspecified atom stereocenters. The summed E-state index contributed by atoms with van der Waals surface area (Å²) in [5.41, 5.74) is 2.21. The van der Waals surface area contributed by atoms with Gasteiger partial charge in [0.1, 0.15) is 5.52 Å². The predicted molar refractivity (Wildman–Crippen MR) is 81.2 cm³/mol. The first kappa shape index (κ1) is 13.4. The van der Waals surface area contributed by atoms with Gasteiger partial charge in [0.2, 0.25) is 0 Å². The van der Waals surface area contributed by atoms with Gasteiger partial charge in [0.05, 0.1) is 5.69 Å². The fraction of sp³-hybridized carbons (Fsp3) is 0.600. The lowest BCUT2D eigenvalue weighted by Crippen LogP contribution is -2.18. The van der Waals surface area contributed by atoms with Crippen LogP contribution in [0.2, 0.25) is 0 Å².